The summed E-state index contributed by atoms with van der Waals surface area (Å²) in [5.74, 6) is -1.60. The van der Waals surface area contributed by atoms with Gasteiger partial charge in [-0.2, -0.15) is 0 Å². The third-order valence-corrected chi connectivity index (χ3v) is 2.45. The quantitative estimate of drug-likeness (QED) is 0.158. The average Bonchev–Trinajstić information content (AvgIpc) is 2.55. The molecule has 1 heterocycles. The minimum absolute atomic E-state index is 0. The number of ether oxygens (including phenoxy) is 3. The van der Waals surface area contributed by atoms with Crippen LogP contribution in [0.4, 0.5) is 0 Å². The number of cyclic esters (lactones) is 2. The van der Waals surface area contributed by atoms with Crippen LogP contribution in [0.25, 0.3) is 0 Å². The Kier molecular flexibility index (Phi) is 67.3. The van der Waals surface area contributed by atoms with E-state index in [1.54, 1.807) is 0 Å². The van der Waals surface area contributed by atoms with Crippen LogP contribution in [0.15, 0.2) is 0 Å². The molecule has 0 aromatic carbocycles. The van der Waals surface area contributed by atoms with Gasteiger partial charge in [0, 0.05) is 26.2 Å². The van der Waals surface area contributed by atoms with E-state index in [-0.39, 0.29) is 94.9 Å². The van der Waals surface area contributed by atoms with Gasteiger partial charge in [0.05, 0.1) is 6.61 Å². The monoisotopic (exact) mass is 584 g/mol. The molecule has 198 valence electrons. The zero-order chi connectivity index (χ0) is 19.8. The molecule has 0 amide bonds. The van der Waals surface area contributed by atoms with Gasteiger partial charge in [-0.15, -0.1) is 0 Å². The van der Waals surface area contributed by atoms with E-state index < -0.39 is 36.2 Å². The summed E-state index contributed by atoms with van der Waals surface area (Å²) < 4.78 is 13.7. The number of rotatable bonds is 6. The maximum Gasteiger partial charge on any atom is 2.00 e. The van der Waals surface area contributed by atoms with Crippen molar-refractivity contribution in [3.63, 3.8) is 0 Å². The molecule has 3 atom stereocenters. The topological polar surface area (TPSA) is 160 Å². The summed E-state index contributed by atoms with van der Waals surface area (Å²) >= 11 is 0. The molecule has 1 aliphatic heterocycles. The summed E-state index contributed by atoms with van der Waals surface area (Å²) in [4.78, 5) is 31.8. The fourth-order valence-electron chi connectivity index (χ4n) is 1.06. The molecular weight excluding hydrogens is 531 g/mol. The predicted molar refractivity (Wildman–Crippen MR) is 130 cm³/mol. The number of esters is 3. The Morgan fingerprint density at radius 1 is 0.844 bits per heavy atom. The summed E-state index contributed by atoms with van der Waals surface area (Å²) in [5.41, 5.74) is 0. The van der Waals surface area contributed by atoms with E-state index in [0.29, 0.717) is 12.8 Å². The maximum atomic E-state index is 10.7. The number of hydrogen-bond donors (Lipinski definition) is 4. The molecule has 1 aliphatic rings. The second kappa shape index (κ2) is 37.4. The molecule has 3 unspecified atom stereocenters. The first-order valence-corrected chi connectivity index (χ1v) is 7.79. The summed E-state index contributed by atoms with van der Waals surface area (Å²) in [6.45, 7) is 4.64. The second-order valence-electron chi connectivity index (χ2n) is 4.88. The van der Waals surface area contributed by atoms with Crippen LogP contribution in [-0.2, 0) is 28.6 Å². The van der Waals surface area contributed by atoms with E-state index in [1.165, 1.54) is 20.8 Å². The predicted octanol–water partition coefficient (Wildman–Crippen LogP) is 1.95. The van der Waals surface area contributed by atoms with Crippen molar-refractivity contribution in [2.75, 3.05) is 26.4 Å². The van der Waals surface area contributed by atoms with Crippen molar-refractivity contribution in [1.82, 2.24) is 0 Å². The molecule has 0 aromatic rings. The van der Waals surface area contributed by atoms with Crippen LogP contribution in [-0.4, -0.2) is 107 Å². The molecule has 0 spiro atoms. The molecule has 0 aliphatic carbocycles. The van der Waals surface area contributed by atoms with Crippen LogP contribution in [0.1, 0.15) is 78.2 Å². The summed E-state index contributed by atoms with van der Waals surface area (Å²) in [5, 5.41) is 32.7. The zero-order valence-electron chi connectivity index (χ0n) is 15.2. The van der Waals surface area contributed by atoms with Crippen LogP contribution >= 0.6 is 0 Å². The average molecular weight is 583 g/mol. The molecule has 11 heteroatoms. The number of aliphatic hydroxyl groups is 4. The van der Waals surface area contributed by atoms with Gasteiger partial charge in [0.25, 0.3) is 0 Å². The van der Waals surface area contributed by atoms with Crippen LogP contribution in [0.5, 0.6) is 0 Å². The fourth-order valence-corrected chi connectivity index (χ4v) is 1.06. The van der Waals surface area contributed by atoms with Crippen molar-refractivity contribution in [2.24, 2.45) is 0 Å². The van der Waals surface area contributed by atoms with Crippen molar-refractivity contribution in [3.8, 4) is 0 Å². The maximum absolute atomic E-state index is 10.7. The minimum atomic E-state index is -1.07. The molecule has 4 N–H and O–H groups in total. The van der Waals surface area contributed by atoms with Gasteiger partial charge in [-0.25, -0.2) is 14.4 Å². The van der Waals surface area contributed by atoms with Crippen molar-refractivity contribution >= 4 is 41.8 Å². The van der Waals surface area contributed by atoms with Crippen LogP contribution < -0.4 is 0 Å². The minimum Gasteiger partial charge on any atom is -0.464 e. The summed E-state index contributed by atoms with van der Waals surface area (Å²) in [7, 11) is 0. The number of carbonyl (C=O) groups is 3. The Morgan fingerprint density at radius 3 is 1.38 bits per heavy atom. The zero-order valence-corrected chi connectivity index (χ0v) is 18.1. The van der Waals surface area contributed by atoms with Crippen molar-refractivity contribution in [1.29, 1.82) is 0 Å². The molecule has 0 bridgehead atoms. The Bertz CT molecular complexity index is 371. The number of hydrogen-bond acceptors (Lipinski definition) is 10. The molecule has 2 radical (unpaired) electrons. The van der Waals surface area contributed by atoms with E-state index in [0.717, 1.165) is 0 Å². The molecule has 1 rings (SSSR count). The Morgan fingerprint density at radius 2 is 1.16 bits per heavy atom. The van der Waals surface area contributed by atoms with Gasteiger partial charge in [0.2, 0.25) is 0 Å². The first-order chi connectivity index (χ1) is 11.7. The van der Waals surface area contributed by atoms with E-state index in [1.807, 2.05) is 0 Å². The van der Waals surface area contributed by atoms with E-state index >= 15 is 0 Å². The van der Waals surface area contributed by atoms with Gasteiger partial charge in [-0.05, 0) is 27.2 Å². The first kappa shape index (κ1) is 57.7. The molecule has 0 saturated carbocycles. The van der Waals surface area contributed by atoms with Gasteiger partial charge in [0.15, 0.2) is 12.2 Å². The molecule has 32 heavy (non-hydrogen) atoms. The van der Waals surface area contributed by atoms with Gasteiger partial charge >= 0.3 is 41.8 Å². The van der Waals surface area contributed by atoms with Crippen LogP contribution in [0, 0.1) is 0 Å². The van der Waals surface area contributed by atoms with Gasteiger partial charge in [-0.1, -0.05) is 44.6 Å². The fraction of sp³-hybridized carbons (Fsp3) is 0.857. The summed E-state index contributed by atoms with van der Waals surface area (Å²) in [6.07, 6.45) is -1.65. The molecule has 0 aromatic heterocycles. The Hall–Kier alpha value is -0.951. The molecular formula is C21H52O10Sn+2. The number of aliphatic hydroxyl groups excluding tert-OH is 4. The second-order valence-corrected chi connectivity index (χ2v) is 4.88. The normalized spacial score (nSPS) is 15.6. The third-order valence-electron chi connectivity index (χ3n) is 2.45. The SMILES string of the molecule is C.C.C.C.C.C.CC(O)C(=O)OCCCO.CC1OC(=O)C(C)OC1=O.OCCCO.[Sn+2]. The molecule has 1 saturated heterocycles. The van der Waals surface area contributed by atoms with Crippen molar-refractivity contribution in [3.05, 3.63) is 0 Å². The summed E-state index contributed by atoms with van der Waals surface area (Å²) in [6, 6.07) is 0. The molecule has 10 nitrogen and oxygen atoms in total. The largest absolute Gasteiger partial charge is 2.00 e. The van der Waals surface area contributed by atoms with Crippen LogP contribution in [0.3, 0.4) is 0 Å². The van der Waals surface area contributed by atoms with E-state index in [2.05, 4.69) is 14.2 Å². The Balaban J connectivity index is -0.0000000332. The van der Waals surface area contributed by atoms with Crippen molar-refractivity contribution < 1.29 is 49.0 Å². The first-order valence-electron chi connectivity index (χ1n) is 7.79. The smallest absolute Gasteiger partial charge is 0.464 e. The van der Waals surface area contributed by atoms with Gasteiger partial charge in [0.1, 0.15) is 6.10 Å². The number of carbonyl (C=O) groups excluding carboxylic acids is 3. The van der Waals surface area contributed by atoms with E-state index in [4.69, 9.17) is 20.4 Å². The van der Waals surface area contributed by atoms with E-state index in [9.17, 15) is 14.4 Å². The molecule has 1 fully saturated rings. The van der Waals surface area contributed by atoms with Crippen molar-refractivity contribution in [2.45, 2.75) is 96.5 Å². The van der Waals surface area contributed by atoms with Gasteiger partial charge in [-0.3, -0.25) is 0 Å². The van der Waals surface area contributed by atoms with Crippen LogP contribution in [0.2, 0.25) is 0 Å². The standard InChI is InChI=1S/C6H8O4.C6H12O4.C3H8O2.6CH4.Sn/c1-3-5(7)10-4(2)6(8)9-3;1-5(8)6(9)10-4-2-3-7;4-2-1-3-5;;;;;;;/h3-4H,1-2H3;5,7-8H,2-4H2,1H3;4-5H,1-3H2;6*1H4;/q;;;;;;;;;+2. The Labute approximate surface area is 213 Å². The third kappa shape index (κ3) is 33.7. The van der Waals surface area contributed by atoms with Gasteiger partial charge < -0.3 is 34.6 Å².